The van der Waals surface area contributed by atoms with Gasteiger partial charge in [0.25, 0.3) is 5.91 Å². The molecule has 0 saturated carbocycles. The summed E-state index contributed by atoms with van der Waals surface area (Å²) in [6, 6.07) is 16.6. The van der Waals surface area contributed by atoms with Gasteiger partial charge in [-0.2, -0.15) is 0 Å². The van der Waals surface area contributed by atoms with Crippen molar-refractivity contribution < 1.29 is 9.59 Å². The smallest absolute Gasteiger partial charge is 0.251 e. The predicted octanol–water partition coefficient (Wildman–Crippen LogP) is 4.72. The second-order valence-electron chi connectivity index (χ2n) is 7.99. The predicted molar refractivity (Wildman–Crippen MR) is 132 cm³/mol. The minimum Gasteiger partial charge on any atom is -0.342 e. The first-order valence-electron chi connectivity index (χ1n) is 11.2. The molecule has 0 unspecified atom stereocenters. The Morgan fingerprint density at radius 2 is 1.70 bits per heavy atom. The van der Waals surface area contributed by atoms with E-state index >= 15 is 0 Å². The summed E-state index contributed by atoms with van der Waals surface area (Å²) in [5, 5.41) is 15.5. The highest BCUT2D eigenvalue weighted by Gasteiger charge is 2.26. The Hall–Kier alpha value is -3.13. The summed E-state index contributed by atoms with van der Waals surface area (Å²) in [4.78, 5) is 25.3. The number of nitrogens with zero attached hydrogens (tertiary/aromatic N) is 3. The molecule has 3 aromatic rings. The zero-order valence-electron chi connectivity index (χ0n) is 19.5. The van der Waals surface area contributed by atoms with Crippen molar-refractivity contribution in [2.75, 3.05) is 11.1 Å². The molecule has 3 rings (SSSR count). The first kappa shape index (κ1) is 24.5. The summed E-state index contributed by atoms with van der Waals surface area (Å²) in [5.41, 5.74) is 2.54. The van der Waals surface area contributed by atoms with Crippen LogP contribution >= 0.6 is 11.8 Å². The van der Waals surface area contributed by atoms with Crippen LogP contribution in [-0.2, 0) is 17.8 Å². The van der Waals surface area contributed by atoms with Crippen LogP contribution in [0.5, 0.6) is 0 Å². The maximum Gasteiger partial charge on any atom is 0.251 e. The molecule has 1 atom stereocenters. The molecule has 1 heterocycles. The number of anilines is 1. The molecule has 33 heavy (non-hydrogen) atoms. The number of aromatic nitrogens is 3. The standard InChI is InChI=1S/C25H31N5O2S/c1-5-18-12-10-11-15-20(18)26-21(31)16-33-25-29-28-23(30(25)6-2)22(17(3)4)27-24(32)19-13-8-7-9-14-19/h7-15,17,22H,5-6,16H2,1-4H3,(H,26,31)(H,27,32)/t22-/m0/s1. The molecule has 7 nitrogen and oxygen atoms in total. The van der Waals surface area contributed by atoms with E-state index in [2.05, 4.69) is 27.8 Å². The number of carbonyl (C=O) groups is 2. The highest BCUT2D eigenvalue weighted by atomic mass is 32.2. The third-order valence-electron chi connectivity index (χ3n) is 5.33. The van der Waals surface area contributed by atoms with Gasteiger partial charge in [-0.3, -0.25) is 9.59 Å². The lowest BCUT2D eigenvalue weighted by atomic mass is 10.0. The maximum atomic E-state index is 12.8. The average molecular weight is 466 g/mol. The number of amides is 2. The van der Waals surface area contributed by atoms with E-state index in [1.807, 2.05) is 67.8 Å². The second kappa shape index (κ2) is 11.7. The van der Waals surface area contributed by atoms with Crippen LogP contribution < -0.4 is 10.6 Å². The number of benzene rings is 2. The van der Waals surface area contributed by atoms with Crippen LogP contribution in [0.1, 0.15) is 55.5 Å². The van der Waals surface area contributed by atoms with E-state index in [4.69, 9.17) is 0 Å². The fraction of sp³-hybridized carbons (Fsp3) is 0.360. The molecule has 0 spiro atoms. The van der Waals surface area contributed by atoms with Gasteiger partial charge in [0.15, 0.2) is 11.0 Å². The Morgan fingerprint density at radius 1 is 1.00 bits per heavy atom. The van der Waals surface area contributed by atoms with E-state index in [0.717, 1.165) is 17.7 Å². The van der Waals surface area contributed by atoms with Crippen LogP contribution in [0.4, 0.5) is 5.69 Å². The minimum absolute atomic E-state index is 0.0918. The topological polar surface area (TPSA) is 88.9 Å². The largest absolute Gasteiger partial charge is 0.342 e. The fourth-order valence-corrected chi connectivity index (χ4v) is 4.35. The van der Waals surface area contributed by atoms with Crippen LogP contribution in [0, 0.1) is 5.92 Å². The molecule has 8 heteroatoms. The zero-order chi connectivity index (χ0) is 23.8. The zero-order valence-corrected chi connectivity index (χ0v) is 20.4. The molecular weight excluding hydrogens is 434 g/mol. The molecule has 2 N–H and O–H groups in total. The number of thioether (sulfide) groups is 1. The number of aryl methyl sites for hydroxylation is 1. The molecule has 0 fully saturated rings. The summed E-state index contributed by atoms with van der Waals surface area (Å²) in [6.45, 7) is 8.78. The first-order chi connectivity index (χ1) is 15.9. The van der Waals surface area contributed by atoms with Gasteiger partial charge in [0.2, 0.25) is 5.91 Å². The number of para-hydroxylation sites is 1. The van der Waals surface area contributed by atoms with Crippen molar-refractivity contribution >= 4 is 29.3 Å². The van der Waals surface area contributed by atoms with Crippen molar-refractivity contribution in [3.8, 4) is 0 Å². The van der Waals surface area contributed by atoms with E-state index in [0.29, 0.717) is 23.1 Å². The summed E-state index contributed by atoms with van der Waals surface area (Å²) in [6.07, 6.45) is 0.850. The van der Waals surface area contributed by atoms with Gasteiger partial charge < -0.3 is 15.2 Å². The van der Waals surface area contributed by atoms with Crippen molar-refractivity contribution in [2.45, 2.75) is 51.9 Å². The van der Waals surface area contributed by atoms with Gasteiger partial charge in [-0.25, -0.2) is 0 Å². The number of hydrogen-bond acceptors (Lipinski definition) is 5. The normalized spacial score (nSPS) is 11.9. The monoisotopic (exact) mass is 465 g/mol. The third-order valence-corrected chi connectivity index (χ3v) is 6.30. The van der Waals surface area contributed by atoms with Crippen LogP contribution in [0.25, 0.3) is 0 Å². The maximum absolute atomic E-state index is 12.8. The summed E-state index contributed by atoms with van der Waals surface area (Å²) < 4.78 is 1.97. The number of rotatable bonds is 10. The van der Waals surface area contributed by atoms with Crippen molar-refractivity contribution in [1.29, 1.82) is 0 Å². The Bertz CT molecular complexity index is 1080. The molecule has 1 aromatic heterocycles. The van der Waals surface area contributed by atoms with Gasteiger partial charge in [-0.15, -0.1) is 10.2 Å². The number of nitrogens with one attached hydrogen (secondary N) is 2. The average Bonchev–Trinajstić information content (AvgIpc) is 3.24. The summed E-state index contributed by atoms with van der Waals surface area (Å²) in [7, 11) is 0. The van der Waals surface area contributed by atoms with Crippen LogP contribution in [-0.4, -0.2) is 32.3 Å². The molecule has 0 aliphatic rings. The Morgan fingerprint density at radius 3 is 2.36 bits per heavy atom. The molecule has 0 aliphatic carbocycles. The van der Waals surface area contributed by atoms with Gasteiger partial charge in [0.05, 0.1) is 11.8 Å². The van der Waals surface area contributed by atoms with Gasteiger partial charge in [-0.05, 0) is 43.0 Å². The van der Waals surface area contributed by atoms with Crippen LogP contribution in [0.2, 0.25) is 0 Å². The van der Waals surface area contributed by atoms with Crippen LogP contribution in [0.3, 0.4) is 0 Å². The highest BCUT2D eigenvalue weighted by Crippen LogP contribution is 2.26. The lowest BCUT2D eigenvalue weighted by Crippen LogP contribution is -2.33. The quantitative estimate of drug-likeness (QED) is 0.423. The van der Waals surface area contributed by atoms with Crippen molar-refractivity contribution in [1.82, 2.24) is 20.1 Å². The SMILES string of the molecule is CCc1ccccc1NC(=O)CSc1nnc([C@@H](NC(=O)c2ccccc2)C(C)C)n1CC. The van der Waals surface area contributed by atoms with Gasteiger partial charge >= 0.3 is 0 Å². The molecular formula is C25H31N5O2S. The van der Waals surface area contributed by atoms with Gasteiger partial charge in [0, 0.05) is 17.8 Å². The molecule has 0 saturated heterocycles. The van der Waals surface area contributed by atoms with E-state index in [1.54, 1.807) is 12.1 Å². The molecule has 0 radical (unpaired) electrons. The number of carbonyl (C=O) groups excluding carboxylic acids is 2. The Kier molecular flexibility index (Phi) is 8.65. The van der Waals surface area contributed by atoms with E-state index in [-0.39, 0.29) is 29.5 Å². The molecule has 0 aliphatic heterocycles. The van der Waals surface area contributed by atoms with Gasteiger partial charge in [-0.1, -0.05) is 68.9 Å². The van der Waals surface area contributed by atoms with Crippen molar-refractivity contribution in [3.63, 3.8) is 0 Å². The van der Waals surface area contributed by atoms with Gasteiger partial charge in [0.1, 0.15) is 0 Å². The summed E-state index contributed by atoms with van der Waals surface area (Å²) >= 11 is 1.34. The van der Waals surface area contributed by atoms with Crippen molar-refractivity contribution in [3.05, 3.63) is 71.5 Å². The molecule has 0 bridgehead atoms. The first-order valence-corrected chi connectivity index (χ1v) is 12.2. The Balaban J connectivity index is 1.71. The van der Waals surface area contributed by atoms with E-state index in [1.165, 1.54) is 11.8 Å². The van der Waals surface area contributed by atoms with Crippen molar-refractivity contribution in [2.24, 2.45) is 5.92 Å². The third kappa shape index (κ3) is 6.22. The van der Waals surface area contributed by atoms with Crippen LogP contribution in [0.15, 0.2) is 59.8 Å². The molecule has 2 amide bonds. The Labute approximate surface area is 199 Å². The lowest BCUT2D eigenvalue weighted by Gasteiger charge is -2.22. The second-order valence-corrected chi connectivity index (χ2v) is 8.94. The minimum atomic E-state index is -0.301. The highest BCUT2D eigenvalue weighted by molar-refractivity contribution is 7.99. The fourth-order valence-electron chi connectivity index (χ4n) is 3.54. The summed E-state index contributed by atoms with van der Waals surface area (Å²) in [5.74, 6) is 0.780. The van der Waals surface area contributed by atoms with E-state index in [9.17, 15) is 9.59 Å². The molecule has 2 aromatic carbocycles. The van der Waals surface area contributed by atoms with E-state index < -0.39 is 0 Å². The lowest BCUT2D eigenvalue weighted by molar-refractivity contribution is -0.113. The molecule has 174 valence electrons. The number of hydrogen-bond donors (Lipinski definition) is 2.